The van der Waals surface area contributed by atoms with Crippen LogP contribution >= 0.6 is 11.6 Å². The molecule has 2 rings (SSSR count). The molecule has 2 N–H and O–H groups in total. The highest BCUT2D eigenvalue weighted by Gasteiger charge is 2.08. The molecule has 5 heteroatoms. The largest absolute Gasteiger partial charge is 0.476 e. The van der Waals surface area contributed by atoms with Gasteiger partial charge in [0.25, 0.3) is 0 Å². The number of nitrogens with two attached hydrogens (primary N) is 1. The zero-order valence-electron chi connectivity index (χ0n) is 12.4. The summed E-state index contributed by atoms with van der Waals surface area (Å²) in [5, 5.41) is 0.702. The summed E-state index contributed by atoms with van der Waals surface area (Å²) in [7, 11) is 0. The molecule has 2 aromatic rings. The van der Waals surface area contributed by atoms with Crippen LogP contribution in [0.4, 0.5) is 5.69 Å². The van der Waals surface area contributed by atoms with Gasteiger partial charge < -0.3 is 15.2 Å². The van der Waals surface area contributed by atoms with E-state index < -0.39 is 0 Å². The first-order valence-electron chi connectivity index (χ1n) is 6.79. The highest BCUT2D eigenvalue weighted by Crippen LogP contribution is 2.28. The van der Waals surface area contributed by atoms with E-state index in [0.717, 1.165) is 5.56 Å². The van der Waals surface area contributed by atoms with Crippen molar-refractivity contribution in [3.8, 4) is 17.5 Å². The van der Waals surface area contributed by atoms with E-state index in [1.165, 1.54) is 0 Å². The van der Waals surface area contributed by atoms with Gasteiger partial charge in [-0.3, -0.25) is 0 Å². The van der Waals surface area contributed by atoms with E-state index in [9.17, 15) is 0 Å². The molecule has 1 aromatic heterocycles. The number of anilines is 1. The van der Waals surface area contributed by atoms with Crippen molar-refractivity contribution in [2.45, 2.75) is 20.8 Å². The number of hydrogen-bond acceptors (Lipinski definition) is 4. The lowest BCUT2D eigenvalue weighted by atomic mass is 10.2. The van der Waals surface area contributed by atoms with E-state index in [1.54, 1.807) is 24.3 Å². The maximum Gasteiger partial charge on any atom is 0.240 e. The molecule has 0 bridgehead atoms. The van der Waals surface area contributed by atoms with E-state index in [1.807, 2.05) is 13.0 Å². The van der Waals surface area contributed by atoms with E-state index in [4.69, 9.17) is 26.8 Å². The number of rotatable bonds is 5. The van der Waals surface area contributed by atoms with Crippen molar-refractivity contribution in [2.75, 3.05) is 12.3 Å². The molecule has 112 valence electrons. The Labute approximate surface area is 129 Å². The number of halogens is 1. The number of pyridine rings is 1. The van der Waals surface area contributed by atoms with Gasteiger partial charge in [0.2, 0.25) is 11.8 Å². The fourth-order valence-electron chi connectivity index (χ4n) is 1.65. The van der Waals surface area contributed by atoms with Crippen molar-refractivity contribution in [1.29, 1.82) is 0 Å². The number of aromatic nitrogens is 1. The molecule has 0 saturated carbocycles. The molecular weight excluding hydrogens is 288 g/mol. The van der Waals surface area contributed by atoms with Crippen LogP contribution in [0.25, 0.3) is 0 Å². The Morgan fingerprint density at radius 3 is 2.67 bits per heavy atom. The molecule has 0 unspecified atom stereocenters. The highest BCUT2D eigenvalue weighted by molar-refractivity contribution is 6.31. The first kappa shape index (κ1) is 15.4. The van der Waals surface area contributed by atoms with E-state index in [0.29, 0.717) is 40.7 Å². The summed E-state index contributed by atoms with van der Waals surface area (Å²) >= 11 is 5.99. The third-order valence-electron chi connectivity index (χ3n) is 2.77. The van der Waals surface area contributed by atoms with Crippen LogP contribution in [-0.4, -0.2) is 11.6 Å². The Balaban J connectivity index is 2.16. The summed E-state index contributed by atoms with van der Waals surface area (Å²) in [5.41, 5.74) is 7.29. The van der Waals surface area contributed by atoms with Gasteiger partial charge in [0.15, 0.2) is 0 Å². The van der Waals surface area contributed by atoms with Crippen LogP contribution in [0, 0.1) is 12.8 Å². The van der Waals surface area contributed by atoms with Gasteiger partial charge in [-0.1, -0.05) is 25.4 Å². The summed E-state index contributed by atoms with van der Waals surface area (Å²) in [6.07, 6.45) is 0. The number of aryl methyl sites for hydroxylation is 1. The summed E-state index contributed by atoms with van der Waals surface area (Å²) in [6, 6.07) is 8.87. The minimum Gasteiger partial charge on any atom is -0.476 e. The van der Waals surface area contributed by atoms with Gasteiger partial charge in [0, 0.05) is 11.1 Å². The molecule has 0 saturated heterocycles. The summed E-state index contributed by atoms with van der Waals surface area (Å²) < 4.78 is 11.3. The topological polar surface area (TPSA) is 57.4 Å². The Kier molecular flexibility index (Phi) is 4.91. The summed E-state index contributed by atoms with van der Waals surface area (Å²) in [5.74, 6) is 1.90. The third kappa shape index (κ3) is 4.26. The number of ether oxygens (including phenoxy) is 2. The molecule has 4 nitrogen and oxygen atoms in total. The minimum absolute atomic E-state index is 0.395. The number of nitrogen functional groups attached to an aromatic ring is 1. The van der Waals surface area contributed by atoms with Crippen LogP contribution in [0.15, 0.2) is 30.3 Å². The molecule has 0 aliphatic rings. The Morgan fingerprint density at radius 1 is 1.24 bits per heavy atom. The lowest BCUT2D eigenvalue weighted by Crippen LogP contribution is -2.07. The first-order chi connectivity index (χ1) is 9.95. The van der Waals surface area contributed by atoms with Crippen molar-refractivity contribution in [3.63, 3.8) is 0 Å². The normalized spacial score (nSPS) is 10.7. The SMILES string of the molecule is Cc1cc(Oc2ccc(N)c(OCC(C)C)n2)ccc1Cl. The minimum atomic E-state index is 0.395. The van der Waals surface area contributed by atoms with Crippen molar-refractivity contribution < 1.29 is 9.47 Å². The van der Waals surface area contributed by atoms with Crippen LogP contribution in [0.2, 0.25) is 5.02 Å². The lowest BCUT2D eigenvalue weighted by molar-refractivity contribution is 0.260. The number of hydrogen-bond donors (Lipinski definition) is 1. The Hall–Kier alpha value is -1.94. The number of nitrogens with zero attached hydrogens (tertiary/aromatic N) is 1. The average Bonchev–Trinajstić information content (AvgIpc) is 2.43. The molecule has 0 amide bonds. The number of benzene rings is 1. The highest BCUT2D eigenvalue weighted by atomic mass is 35.5. The van der Waals surface area contributed by atoms with Gasteiger partial charge in [-0.15, -0.1) is 0 Å². The third-order valence-corrected chi connectivity index (χ3v) is 3.19. The average molecular weight is 307 g/mol. The smallest absolute Gasteiger partial charge is 0.240 e. The van der Waals surface area contributed by atoms with Gasteiger partial charge in [-0.25, -0.2) is 0 Å². The lowest BCUT2D eigenvalue weighted by Gasteiger charge is -2.12. The maximum absolute atomic E-state index is 5.99. The quantitative estimate of drug-likeness (QED) is 0.886. The fourth-order valence-corrected chi connectivity index (χ4v) is 1.77. The van der Waals surface area contributed by atoms with Crippen LogP contribution in [0.3, 0.4) is 0 Å². The molecular formula is C16H19ClN2O2. The van der Waals surface area contributed by atoms with Crippen LogP contribution in [0.5, 0.6) is 17.5 Å². The predicted molar refractivity (Wildman–Crippen MR) is 85.2 cm³/mol. The van der Waals surface area contributed by atoms with Crippen LogP contribution in [-0.2, 0) is 0 Å². The predicted octanol–water partition coefficient (Wildman–Crippen LogP) is 4.45. The van der Waals surface area contributed by atoms with Gasteiger partial charge in [0.1, 0.15) is 5.75 Å². The molecule has 0 aliphatic carbocycles. The van der Waals surface area contributed by atoms with Crippen molar-refractivity contribution in [1.82, 2.24) is 4.98 Å². The molecule has 0 radical (unpaired) electrons. The van der Waals surface area contributed by atoms with Gasteiger partial charge in [-0.05, 0) is 42.7 Å². The fraction of sp³-hybridized carbons (Fsp3) is 0.312. The zero-order chi connectivity index (χ0) is 15.4. The maximum atomic E-state index is 5.99. The zero-order valence-corrected chi connectivity index (χ0v) is 13.1. The van der Waals surface area contributed by atoms with Gasteiger partial charge >= 0.3 is 0 Å². The Bertz CT molecular complexity index is 630. The molecule has 0 fully saturated rings. The molecule has 0 atom stereocenters. The molecule has 1 heterocycles. The van der Waals surface area contributed by atoms with Crippen molar-refractivity contribution in [3.05, 3.63) is 40.9 Å². The monoisotopic (exact) mass is 306 g/mol. The molecule has 0 aliphatic heterocycles. The summed E-state index contributed by atoms with van der Waals surface area (Å²) in [4.78, 5) is 4.29. The first-order valence-corrected chi connectivity index (χ1v) is 7.17. The van der Waals surface area contributed by atoms with Crippen LogP contribution in [0.1, 0.15) is 19.4 Å². The molecule has 1 aromatic carbocycles. The van der Waals surface area contributed by atoms with E-state index >= 15 is 0 Å². The van der Waals surface area contributed by atoms with Crippen molar-refractivity contribution in [2.24, 2.45) is 5.92 Å². The standard InChI is InChI=1S/C16H19ClN2O2/c1-10(2)9-20-16-14(18)6-7-15(19-16)21-12-4-5-13(17)11(3)8-12/h4-8,10H,9,18H2,1-3H3. The van der Waals surface area contributed by atoms with E-state index in [-0.39, 0.29) is 0 Å². The van der Waals surface area contributed by atoms with Gasteiger partial charge in [0.05, 0.1) is 12.3 Å². The molecule has 21 heavy (non-hydrogen) atoms. The van der Waals surface area contributed by atoms with Crippen LogP contribution < -0.4 is 15.2 Å². The van der Waals surface area contributed by atoms with Gasteiger partial charge in [-0.2, -0.15) is 4.98 Å². The second-order valence-corrected chi connectivity index (χ2v) is 5.67. The van der Waals surface area contributed by atoms with Crippen molar-refractivity contribution >= 4 is 17.3 Å². The second-order valence-electron chi connectivity index (χ2n) is 5.26. The Morgan fingerprint density at radius 2 is 2.00 bits per heavy atom. The molecule has 0 spiro atoms. The second kappa shape index (κ2) is 6.68. The van der Waals surface area contributed by atoms with E-state index in [2.05, 4.69) is 18.8 Å². The summed E-state index contributed by atoms with van der Waals surface area (Å²) in [6.45, 7) is 6.60.